The summed E-state index contributed by atoms with van der Waals surface area (Å²) in [5, 5.41) is 0. The highest BCUT2D eigenvalue weighted by Crippen LogP contribution is 2.03. The zero-order valence-electron chi connectivity index (χ0n) is 7.61. The fourth-order valence-corrected chi connectivity index (χ4v) is 1.09. The Labute approximate surface area is 71.8 Å². The molecule has 0 saturated heterocycles. The molecule has 1 aromatic rings. The van der Waals surface area contributed by atoms with E-state index in [1.54, 1.807) is 6.07 Å². The van der Waals surface area contributed by atoms with E-state index in [1.165, 1.54) is 0 Å². The summed E-state index contributed by atoms with van der Waals surface area (Å²) in [7, 11) is 5.89. The number of hydrogen-bond donors (Lipinski definition) is 1. The molecule has 0 fully saturated rings. The van der Waals surface area contributed by atoms with Crippen LogP contribution in [-0.4, -0.2) is 31.7 Å². The molecule has 2 N–H and O–H groups in total. The van der Waals surface area contributed by atoms with Crippen LogP contribution in [0.4, 0.5) is 0 Å². The second kappa shape index (κ2) is 2.64. The number of primary amides is 1. The maximum absolute atomic E-state index is 10.9. The molecule has 0 aromatic carbocycles. The summed E-state index contributed by atoms with van der Waals surface area (Å²) in [4.78, 5) is 10.9. The van der Waals surface area contributed by atoms with Crippen molar-refractivity contribution in [3.63, 3.8) is 0 Å². The van der Waals surface area contributed by atoms with Crippen LogP contribution in [0.5, 0.6) is 0 Å². The third kappa shape index (κ3) is 1.48. The van der Waals surface area contributed by atoms with Crippen LogP contribution in [0.3, 0.4) is 0 Å². The Morgan fingerprint density at radius 2 is 2.08 bits per heavy atom. The number of quaternary nitrogens is 1. The Kier molecular flexibility index (Phi) is 1.94. The molecule has 4 heteroatoms. The first-order valence-corrected chi connectivity index (χ1v) is 3.72. The van der Waals surface area contributed by atoms with Crippen molar-refractivity contribution in [2.24, 2.45) is 5.73 Å². The van der Waals surface area contributed by atoms with Crippen LogP contribution < -0.4 is 10.3 Å². The van der Waals surface area contributed by atoms with Gasteiger partial charge in [-0.25, -0.2) is 4.59 Å². The number of aromatic nitrogens is 1. The van der Waals surface area contributed by atoms with Gasteiger partial charge in [0.15, 0.2) is 5.69 Å². The highest BCUT2D eigenvalue weighted by Gasteiger charge is 2.17. The molecule has 66 valence electrons. The van der Waals surface area contributed by atoms with Crippen LogP contribution in [0.1, 0.15) is 10.5 Å². The van der Waals surface area contributed by atoms with Crippen molar-refractivity contribution in [3.8, 4) is 0 Å². The molecule has 1 aromatic heterocycles. The summed E-state index contributed by atoms with van der Waals surface area (Å²) in [6.07, 6.45) is 1.83. The molecule has 0 radical (unpaired) electrons. The molecule has 12 heavy (non-hydrogen) atoms. The summed E-state index contributed by atoms with van der Waals surface area (Å²) in [5.41, 5.74) is 5.72. The third-order valence-electron chi connectivity index (χ3n) is 1.63. The van der Waals surface area contributed by atoms with Crippen molar-refractivity contribution < 1.29 is 4.79 Å². The predicted molar refractivity (Wildman–Crippen MR) is 48.3 cm³/mol. The molecule has 4 nitrogen and oxygen atoms in total. The van der Waals surface area contributed by atoms with E-state index in [2.05, 4.69) is 0 Å². The lowest BCUT2D eigenvalue weighted by Crippen LogP contribution is -2.48. The van der Waals surface area contributed by atoms with Gasteiger partial charge >= 0.3 is 0 Å². The van der Waals surface area contributed by atoms with Gasteiger partial charge in [0.2, 0.25) is 0 Å². The monoisotopic (exact) mass is 168 g/mol. The van der Waals surface area contributed by atoms with Crippen LogP contribution in [0.25, 0.3) is 0 Å². The number of amides is 1. The SMILES string of the molecule is C[N+](C)(C)n1cccc1C(N)=O. The Balaban J connectivity index is 3.17. The van der Waals surface area contributed by atoms with Crippen molar-refractivity contribution >= 4 is 5.91 Å². The molecule has 1 heterocycles. The van der Waals surface area contributed by atoms with Gasteiger partial charge in [-0.05, 0) is 12.1 Å². The Bertz CT molecular complexity index is 295. The number of rotatable bonds is 2. The molecule has 1 rings (SSSR count). The number of nitrogens with zero attached hydrogens (tertiary/aromatic N) is 2. The van der Waals surface area contributed by atoms with Crippen molar-refractivity contribution in [2.75, 3.05) is 21.1 Å². The summed E-state index contributed by atoms with van der Waals surface area (Å²) in [6.45, 7) is 0. The van der Waals surface area contributed by atoms with E-state index in [0.29, 0.717) is 10.3 Å². The van der Waals surface area contributed by atoms with E-state index < -0.39 is 5.91 Å². The second-order valence-electron chi connectivity index (χ2n) is 3.54. The molecule has 0 bridgehead atoms. The van der Waals surface area contributed by atoms with Crippen molar-refractivity contribution in [3.05, 3.63) is 24.0 Å². The maximum atomic E-state index is 10.9. The standard InChI is InChI=1S/C8H13N3O/c1-11(2,3)10-6-4-5-7(10)8(9)12/h4-6H,1-3H3,(H-,9,12)/p+1. The third-order valence-corrected chi connectivity index (χ3v) is 1.63. The largest absolute Gasteiger partial charge is 0.364 e. The number of nitrogens with two attached hydrogens (primary N) is 1. The van der Waals surface area contributed by atoms with Gasteiger partial charge in [-0.15, -0.1) is 0 Å². The maximum Gasteiger partial charge on any atom is 0.270 e. The van der Waals surface area contributed by atoms with E-state index in [9.17, 15) is 4.79 Å². The number of carbonyl (C=O) groups is 1. The zero-order chi connectivity index (χ0) is 9.35. The van der Waals surface area contributed by atoms with Gasteiger partial charge in [-0.3, -0.25) is 4.79 Å². The Morgan fingerprint density at radius 1 is 1.50 bits per heavy atom. The fraction of sp³-hybridized carbons (Fsp3) is 0.375. The van der Waals surface area contributed by atoms with Gasteiger partial charge in [0.25, 0.3) is 5.91 Å². The lowest BCUT2D eigenvalue weighted by atomic mass is 10.4. The molecule has 0 atom stereocenters. The topological polar surface area (TPSA) is 48.0 Å². The predicted octanol–water partition coefficient (Wildman–Crippen LogP) is -0.0847. The molecule has 0 saturated carbocycles. The molecular formula is C8H14N3O+. The van der Waals surface area contributed by atoms with E-state index in [1.807, 2.05) is 38.1 Å². The minimum absolute atomic E-state index is 0.395. The first-order valence-electron chi connectivity index (χ1n) is 3.72. The summed E-state index contributed by atoms with van der Waals surface area (Å²) in [5.74, 6) is -0.395. The van der Waals surface area contributed by atoms with Crippen LogP contribution in [-0.2, 0) is 0 Å². The van der Waals surface area contributed by atoms with E-state index in [-0.39, 0.29) is 0 Å². The van der Waals surface area contributed by atoms with Gasteiger partial charge in [0.05, 0.1) is 27.3 Å². The van der Waals surface area contributed by atoms with Crippen molar-refractivity contribution in [1.82, 2.24) is 9.27 Å². The minimum atomic E-state index is -0.395. The van der Waals surface area contributed by atoms with Crippen molar-refractivity contribution in [1.29, 1.82) is 0 Å². The van der Waals surface area contributed by atoms with Gasteiger partial charge in [0.1, 0.15) is 0 Å². The van der Waals surface area contributed by atoms with E-state index >= 15 is 0 Å². The van der Waals surface area contributed by atoms with Crippen LogP contribution in [0.2, 0.25) is 0 Å². The lowest BCUT2D eigenvalue weighted by molar-refractivity contribution is 0.0975. The summed E-state index contributed by atoms with van der Waals surface area (Å²) < 4.78 is 2.34. The first kappa shape index (κ1) is 8.80. The Morgan fingerprint density at radius 3 is 2.42 bits per heavy atom. The summed E-state index contributed by atoms with van der Waals surface area (Å²) >= 11 is 0. The van der Waals surface area contributed by atoms with Gasteiger partial charge in [-0.2, -0.15) is 4.68 Å². The van der Waals surface area contributed by atoms with Gasteiger partial charge < -0.3 is 5.73 Å². The fourth-order valence-electron chi connectivity index (χ4n) is 1.09. The van der Waals surface area contributed by atoms with E-state index in [0.717, 1.165) is 0 Å². The van der Waals surface area contributed by atoms with Crippen LogP contribution in [0.15, 0.2) is 18.3 Å². The van der Waals surface area contributed by atoms with E-state index in [4.69, 9.17) is 5.73 Å². The second-order valence-corrected chi connectivity index (χ2v) is 3.54. The molecule has 0 aliphatic rings. The molecule has 0 aliphatic heterocycles. The zero-order valence-corrected chi connectivity index (χ0v) is 7.61. The van der Waals surface area contributed by atoms with Crippen LogP contribution >= 0.6 is 0 Å². The van der Waals surface area contributed by atoms with Crippen LogP contribution in [0, 0.1) is 0 Å². The van der Waals surface area contributed by atoms with Gasteiger partial charge in [-0.1, -0.05) is 0 Å². The number of hydrogen-bond acceptors (Lipinski definition) is 1. The average molecular weight is 168 g/mol. The lowest BCUT2D eigenvalue weighted by Gasteiger charge is -2.25. The normalized spacial score (nSPS) is 11.6. The minimum Gasteiger partial charge on any atom is -0.364 e. The highest BCUT2D eigenvalue weighted by atomic mass is 16.1. The smallest absolute Gasteiger partial charge is 0.270 e. The molecule has 0 unspecified atom stereocenters. The molecular weight excluding hydrogens is 154 g/mol. The molecule has 0 spiro atoms. The summed E-state index contributed by atoms with van der Waals surface area (Å²) in [6, 6.07) is 3.52. The average Bonchev–Trinajstić information content (AvgIpc) is 2.30. The first-order chi connectivity index (χ1) is 5.43. The Hall–Kier alpha value is -1.29. The van der Waals surface area contributed by atoms with Crippen molar-refractivity contribution in [2.45, 2.75) is 0 Å². The van der Waals surface area contributed by atoms with Gasteiger partial charge in [0, 0.05) is 0 Å². The highest BCUT2D eigenvalue weighted by molar-refractivity contribution is 5.91. The number of carbonyl (C=O) groups excluding carboxylic acids is 1. The molecule has 0 aliphatic carbocycles. The molecule has 1 amide bonds. The quantitative estimate of drug-likeness (QED) is 0.617.